The average molecular weight is 578 g/mol. The topological polar surface area (TPSA) is 37.0 Å². The van der Waals surface area contributed by atoms with Crippen LogP contribution in [0.15, 0.2) is 61.3 Å². The van der Waals surface area contributed by atoms with Gasteiger partial charge in [-0.15, -0.1) is 6.58 Å². The number of aromatic nitrogens is 1. The predicted molar refractivity (Wildman–Crippen MR) is 148 cm³/mol. The first-order chi connectivity index (χ1) is 18.8. The molecule has 0 aliphatic heterocycles. The molecule has 2 bridgehead atoms. The third-order valence-corrected chi connectivity index (χ3v) is 8.62. The van der Waals surface area contributed by atoms with E-state index in [0.717, 1.165) is 47.7 Å². The molecule has 0 saturated heterocycles. The van der Waals surface area contributed by atoms with Crippen LogP contribution in [0, 0.1) is 30.6 Å². The standard InChI is InChI=1S/C30H29F6N3S/c1-3-17-11-19-6-5-18(17)12-24(19)27(23-8-9-37-26-7-4-16(2)10-25(23)26)39-28(40)38-22-14-20(29(31,32)33)13-21(15-22)30(34,35)36/h3-4,7-10,13-15,17-19,24,27H,1,5-6,11-12H2,2H3,(H2,38,39,40)/t17?,18?,19?,24?,27-/m0/s1. The fourth-order valence-corrected chi connectivity index (χ4v) is 6.77. The first kappa shape index (κ1) is 28.4. The zero-order valence-electron chi connectivity index (χ0n) is 21.7. The summed E-state index contributed by atoms with van der Waals surface area (Å²) in [6.45, 7) is 5.99. The van der Waals surface area contributed by atoms with Crippen molar-refractivity contribution in [1.29, 1.82) is 0 Å². The Kier molecular flexibility index (Phi) is 7.58. The minimum absolute atomic E-state index is 0.0446. The van der Waals surface area contributed by atoms with Crippen LogP contribution in [-0.2, 0) is 12.4 Å². The number of thiocarbonyl (C=S) groups is 1. The molecule has 40 heavy (non-hydrogen) atoms. The molecule has 10 heteroatoms. The van der Waals surface area contributed by atoms with Crippen LogP contribution in [0.1, 0.15) is 54.0 Å². The highest BCUT2D eigenvalue weighted by molar-refractivity contribution is 7.80. The first-order valence-electron chi connectivity index (χ1n) is 13.2. The van der Waals surface area contributed by atoms with Crippen molar-refractivity contribution in [3.63, 3.8) is 0 Å². The quantitative estimate of drug-likeness (QED) is 0.181. The second-order valence-electron chi connectivity index (χ2n) is 10.9. The lowest BCUT2D eigenvalue weighted by molar-refractivity contribution is -0.143. The number of nitrogens with one attached hydrogen (secondary N) is 2. The van der Waals surface area contributed by atoms with Gasteiger partial charge in [0.25, 0.3) is 0 Å². The van der Waals surface area contributed by atoms with E-state index in [2.05, 4.69) is 22.2 Å². The van der Waals surface area contributed by atoms with E-state index in [1.807, 2.05) is 37.3 Å². The number of aryl methyl sites for hydroxylation is 1. The Hall–Kier alpha value is -3.14. The average Bonchev–Trinajstić information content (AvgIpc) is 2.90. The van der Waals surface area contributed by atoms with Crippen LogP contribution in [0.3, 0.4) is 0 Å². The van der Waals surface area contributed by atoms with Crippen LogP contribution < -0.4 is 10.6 Å². The molecule has 3 saturated carbocycles. The fraction of sp³-hybridized carbons (Fsp3) is 0.400. The first-order valence-corrected chi connectivity index (χ1v) is 13.6. The number of pyridine rings is 1. The molecule has 0 radical (unpaired) electrons. The third kappa shape index (κ3) is 5.82. The van der Waals surface area contributed by atoms with Crippen LogP contribution in [-0.4, -0.2) is 10.1 Å². The van der Waals surface area contributed by atoms with Crippen LogP contribution in [0.2, 0.25) is 0 Å². The number of hydrogen-bond donors (Lipinski definition) is 2. The van der Waals surface area contributed by atoms with Crippen molar-refractivity contribution in [2.75, 3.05) is 5.32 Å². The number of hydrogen-bond acceptors (Lipinski definition) is 2. The monoisotopic (exact) mass is 577 g/mol. The molecular formula is C30H29F6N3S. The molecule has 3 aliphatic carbocycles. The van der Waals surface area contributed by atoms with E-state index in [4.69, 9.17) is 12.2 Å². The number of fused-ring (bicyclic) bond motifs is 4. The van der Waals surface area contributed by atoms with Crippen molar-refractivity contribution in [2.45, 2.75) is 51.0 Å². The van der Waals surface area contributed by atoms with Crippen molar-refractivity contribution < 1.29 is 26.3 Å². The molecule has 212 valence electrons. The molecule has 2 aromatic carbocycles. The molecule has 0 spiro atoms. The van der Waals surface area contributed by atoms with Gasteiger partial charge < -0.3 is 10.6 Å². The Morgan fingerprint density at radius 3 is 2.25 bits per heavy atom. The van der Waals surface area contributed by atoms with E-state index in [0.29, 0.717) is 29.9 Å². The number of benzene rings is 2. The Morgan fingerprint density at radius 1 is 0.975 bits per heavy atom. The molecule has 4 unspecified atom stereocenters. The molecule has 0 amide bonds. The van der Waals surface area contributed by atoms with Crippen LogP contribution >= 0.6 is 12.2 Å². The van der Waals surface area contributed by atoms with E-state index in [-0.39, 0.29) is 28.8 Å². The maximum atomic E-state index is 13.4. The van der Waals surface area contributed by atoms with Gasteiger partial charge in [0.05, 0.1) is 22.7 Å². The van der Waals surface area contributed by atoms with Gasteiger partial charge in [-0.25, -0.2) is 0 Å². The SMILES string of the molecule is C=CC1CC2CCC1CC2[C@@H](NC(=S)Nc1cc(C(F)(F)F)cc(C(F)(F)F)c1)c1ccnc2ccc(C)cc12. The number of rotatable bonds is 5. The predicted octanol–water partition coefficient (Wildman–Crippen LogP) is 8.85. The molecule has 3 aliphatic rings. The van der Waals surface area contributed by atoms with Gasteiger partial charge in [-0.3, -0.25) is 4.98 Å². The number of anilines is 1. The van der Waals surface area contributed by atoms with E-state index in [1.165, 1.54) is 0 Å². The van der Waals surface area contributed by atoms with Gasteiger partial charge in [0.15, 0.2) is 5.11 Å². The summed E-state index contributed by atoms with van der Waals surface area (Å²) >= 11 is 5.52. The highest BCUT2D eigenvalue weighted by atomic mass is 32.1. The summed E-state index contributed by atoms with van der Waals surface area (Å²) in [5, 5.41) is 6.81. The lowest BCUT2D eigenvalue weighted by Gasteiger charge is -2.49. The molecule has 3 fully saturated rings. The molecule has 1 heterocycles. The van der Waals surface area contributed by atoms with Gasteiger partial charge >= 0.3 is 12.4 Å². The summed E-state index contributed by atoms with van der Waals surface area (Å²) in [6.07, 6.45) is -2.11. The zero-order valence-corrected chi connectivity index (χ0v) is 22.6. The highest BCUT2D eigenvalue weighted by Crippen LogP contribution is 2.53. The Morgan fingerprint density at radius 2 is 1.65 bits per heavy atom. The van der Waals surface area contributed by atoms with Gasteiger partial charge in [0, 0.05) is 17.3 Å². The smallest absolute Gasteiger partial charge is 0.355 e. The van der Waals surface area contributed by atoms with Crippen molar-refractivity contribution >= 4 is 33.9 Å². The largest absolute Gasteiger partial charge is 0.416 e. The number of nitrogens with zero attached hydrogens (tertiary/aromatic N) is 1. The van der Waals surface area contributed by atoms with Crippen molar-refractivity contribution in [1.82, 2.24) is 10.3 Å². The van der Waals surface area contributed by atoms with E-state index < -0.39 is 23.5 Å². The van der Waals surface area contributed by atoms with Crippen molar-refractivity contribution in [2.24, 2.45) is 23.7 Å². The summed E-state index contributed by atoms with van der Waals surface area (Å²) in [5.41, 5.74) is -0.399. The molecule has 3 aromatic rings. The van der Waals surface area contributed by atoms with E-state index in [9.17, 15) is 26.3 Å². The highest BCUT2D eigenvalue weighted by Gasteiger charge is 2.44. The normalized spacial score (nSPS) is 23.6. The zero-order chi connectivity index (χ0) is 28.8. The van der Waals surface area contributed by atoms with Gasteiger partial charge in [-0.05, 0) is 110 Å². The van der Waals surface area contributed by atoms with Crippen LogP contribution in [0.5, 0.6) is 0 Å². The summed E-state index contributed by atoms with van der Waals surface area (Å²) in [5.74, 6) is 1.42. The molecular weight excluding hydrogens is 548 g/mol. The lowest BCUT2D eigenvalue weighted by Crippen LogP contribution is -2.45. The summed E-state index contributed by atoms with van der Waals surface area (Å²) in [6, 6.07) is 8.92. The molecule has 5 atom stereocenters. The van der Waals surface area contributed by atoms with Gasteiger partial charge in [0.2, 0.25) is 0 Å². The van der Waals surface area contributed by atoms with Gasteiger partial charge in [-0.1, -0.05) is 17.7 Å². The minimum Gasteiger partial charge on any atom is -0.355 e. The van der Waals surface area contributed by atoms with Gasteiger partial charge in [-0.2, -0.15) is 26.3 Å². The van der Waals surface area contributed by atoms with Crippen molar-refractivity contribution in [3.8, 4) is 0 Å². The van der Waals surface area contributed by atoms with Crippen molar-refractivity contribution in [3.05, 3.63) is 83.6 Å². The van der Waals surface area contributed by atoms with Crippen LogP contribution in [0.4, 0.5) is 32.0 Å². The number of allylic oxidation sites excluding steroid dienone is 1. The summed E-state index contributed by atoms with van der Waals surface area (Å²) < 4.78 is 80.5. The minimum atomic E-state index is -4.95. The Bertz CT molecular complexity index is 1400. The molecule has 1 aromatic heterocycles. The second-order valence-corrected chi connectivity index (χ2v) is 11.3. The number of halogens is 6. The number of alkyl halides is 6. The molecule has 2 N–H and O–H groups in total. The van der Waals surface area contributed by atoms with Crippen LogP contribution in [0.25, 0.3) is 10.9 Å². The Labute approximate surface area is 234 Å². The maximum Gasteiger partial charge on any atom is 0.416 e. The fourth-order valence-electron chi connectivity index (χ4n) is 6.53. The van der Waals surface area contributed by atoms with E-state index >= 15 is 0 Å². The molecule has 6 rings (SSSR count). The second kappa shape index (κ2) is 10.7. The molecule has 3 nitrogen and oxygen atoms in total. The summed E-state index contributed by atoms with van der Waals surface area (Å²) in [4.78, 5) is 4.49. The Balaban J connectivity index is 1.50. The maximum absolute atomic E-state index is 13.4. The third-order valence-electron chi connectivity index (χ3n) is 8.40. The van der Waals surface area contributed by atoms with E-state index in [1.54, 1.807) is 6.20 Å². The summed E-state index contributed by atoms with van der Waals surface area (Å²) in [7, 11) is 0. The van der Waals surface area contributed by atoms with Gasteiger partial charge in [0.1, 0.15) is 0 Å². The lowest BCUT2D eigenvalue weighted by atomic mass is 9.57.